The average molecular weight is 294 g/mol. The summed E-state index contributed by atoms with van der Waals surface area (Å²) < 4.78 is 0. The molecule has 0 heterocycles. The Kier molecular flexibility index (Phi) is 5.26. The molecule has 0 aromatic heterocycles. The Morgan fingerprint density at radius 3 is 2.48 bits per heavy atom. The van der Waals surface area contributed by atoms with Crippen molar-refractivity contribution in [2.45, 2.75) is 19.4 Å². The number of hydrogen-bond donors (Lipinski definition) is 2. The molecule has 7 nitrogen and oxygen atoms in total. The number of anilines is 1. The SMILES string of the molecule is CNc1c(C(=O)NCC(C)(C)N(C)C)cccc1[N+](=O)[O-]. The van der Waals surface area contributed by atoms with Crippen LogP contribution in [-0.2, 0) is 0 Å². The van der Waals surface area contributed by atoms with E-state index in [4.69, 9.17) is 0 Å². The Morgan fingerprint density at radius 1 is 1.38 bits per heavy atom. The smallest absolute Gasteiger partial charge is 0.293 e. The van der Waals surface area contributed by atoms with Crippen molar-refractivity contribution in [3.8, 4) is 0 Å². The molecule has 0 unspecified atom stereocenters. The third-order valence-corrected chi connectivity index (χ3v) is 3.63. The van der Waals surface area contributed by atoms with Gasteiger partial charge in [0.1, 0.15) is 5.69 Å². The van der Waals surface area contributed by atoms with Gasteiger partial charge in [0.2, 0.25) is 0 Å². The Bertz CT molecular complexity index is 541. The predicted molar refractivity (Wildman–Crippen MR) is 82.7 cm³/mol. The van der Waals surface area contributed by atoms with Gasteiger partial charge < -0.3 is 15.5 Å². The number of nitrogens with one attached hydrogen (secondary N) is 2. The summed E-state index contributed by atoms with van der Waals surface area (Å²) in [5, 5.41) is 16.5. The fourth-order valence-corrected chi connectivity index (χ4v) is 1.69. The molecule has 0 aliphatic carbocycles. The molecule has 1 rings (SSSR count). The Morgan fingerprint density at radius 2 is 2.00 bits per heavy atom. The standard InChI is InChI=1S/C14H22N4O3/c1-14(2,17(4)5)9-16-13(19)10-7-6-8-11(18(20)21)12(10)15-3/h6-8,15H,9H2,1-5H3,(H,16,19). The molecular formula is C14H22N4O3. The van der Waals surface area contributed by atoms with E-state index in [2.05, 4.69) is 10.6 Å². The number of nitro benzene ring substituents is 1. The van der Waals surface area contributed by atoms with Gasteiger partial charge in [0.15, 0.2) is 0 Å². The first-order chi connectivity index (χ1) is 9.70. The van der Waals surface area contributed by atoms with Crippen LogP contribution in [0, 0.1) is 10.1 Å². The van der Waals surface area contributed by atoms with E-state index in [-0.39, 0.29) is 28.4 Å². The van der Waals surface area contributed by atoms with E-state index < -0.39 is 4.92 Å². The zero-order valence-corrected chi connectivity index (χ0v) is 13.1. The van der Waals surface area contributed by atoms with E-state index in [0.29, 0.717) is 6.54 Å². The fraction of sp³-hybridized carbons (Fsp3) is 0.500. The van der Waals surface area contributed by atoms with E-state index >= 15 is 0 Å². The van der Waals surface area contributed by atoms with Crippen LogP contribution in [0.15, 0.2) is 18.2 Å². The number of rotatable bonds is 6. The zero-order valence-electron chi connectivity index (χ0n) is 13.1. The van der Waals surface area contributed by atoms with Gasteiger partial charge in [-0.15, -0.1) is 0 Å². The number of amides is 1. The quantitative estimate of drug-likeness (QED) is 0.616. The van der Waals surface area contributed by atoms with E-state index in [9.17, 15) is 14.9 Å². The minimum Gasteiger partial charge on any atom is -0.382 e. The van der Waals surface area contributed by atoms with Crippen molar-refractivity contribution in [3.63, 3.8) is 0 Å². The van der Waals surface area contributed by atoms with Gasteiger partial charge in [0, 0.05) is 25.2 Å². The van der Waals surface area contributed by atoms with Crippen LogP contribution < -0.4 is 10.6 Å². The number of likely N-dealkylation sites (N-methyl/N-ethyl adjacent to an activating group) is 1. The number of carbonyl (C=O) groups is 1. The van der Waals surface area contributed by atoms with Crippen LogP contribution in [0.4, 0.5) is 11.4 Å². The lowest BCUT2D eigenvalue weighted by Gasteiger charge is -2.32. The summed E-state index contributed by atoms with van der Waals surface area (Å²) >= 11 is 0. The van der Waals surface area contributed by atoms with E-state index in [1.165, 1.54) is 12.1 Å². The van der Waals surface area contributed by atoms with Crippen molar-refractivity contribution in [1.29, 1.82) is 0 Å². The van der Waals surface area contributed by atoms with E-state index in [0.717, 1.165) is 0 Å². The number of nitro groups is 1. The predicted octanol–water partition coefficient (Wildman–Crippen LogP) is 1.71. The van der Waals surface area contributed by atoms with Gasteiger partial charge in [0.05, 0.1) is 10.5 Å². The monoisotopic (exact) mass is 294 g/mol. The molecule has 0 fully saturated rings. The zero-order chi connectivity index (χ0) is 16.2. The Hall–Kier alpha value is -2.15. The molecule has 0 aliphatic rings. The minimum atomic E-state index is -0.508. The average Bonchev–Trinajstić information content (AvgIpc) is 2.43. The van der Waals surface area contributed by atoms with Crippen LogP contribution in [0.3, 0.4) is 0 Å². The van der Waals surface area contributed by atoms with Crippen LogP contribution in [0.2, 0.25) is 0 Å². The summed E-state index contributed by atoms with van der Waals surface area (Å²) in [4.78, 5) is 24.8. The molecule has 1 aromatic carbocycles. The molecule has 0 aliphatic heterocycles. The van der Waals surface area contributed by atoms with Gasteiger partial charge in [-0.25, -0.2) is 0 Å². The third-order valence-electron chi connectivity index (χ3n) is 3.63. The Balaban J connectivity index is 2.98. The van der Waals surface area contributed by atoms with Crippen LogP contribution in [0.1, 0.15) is 24.2 Å². The number of carbonyl (C=O) groups excluding carboxylic acids is 1. The molecule has 2 N–H and O–H groups in total. The van der Waals surface area contributed by atoms with Gasteiger partial charge in [-0.05, 0) is 34.0 Å². The van der Waals surface area contributed by atoms with Crippen molar-refractivity contribution in [1.82, 2.24) is 10.2 Å². The van der Waals surface area contributed by atoms with E-state index in [1.807, 2.05) is 32.8 Å². The molecule has 116 valence electrons. The molecule has 1 aromatic rings. The molecule has 0 radical (unpaired) electrons. The largest absolute Gasteiger partial charge is 0.382 e. The maximum absolute atomic E-state index is 12.3. The van der Waals surface area contributed by atoms with Crippen LogP contribution >= 0.6 is 0 Å². The molecule has 7 heteroatoms. The lowest BCUT2D eigenvalue weighted by Crippen LogP contribution is -2.48. The number of para-hydroxylation sites is 1. The minimum absolute atomic E-state index is 0.114. The molecule has 21 heavy (non-hydrogen) atoms. The maximum Gasteiger partial charge on any atom is 0.293 e. The second kappa shape index (κ2) is 6.53. The second-order valence-corrected chi connectivity index (χ2v) is 5.60. The first-order valence-electron chi connectivity index (χ1n) is 6.61. The molecule has 0 spiro atoms. The summed E-state index contributed by atoms with van der Waals surface area (Å²) in [5.41, 5.74) is 0.164. The molecular weight excluding hydrogens is 272 g/mol. The molecule has 0 bridgehead atoms. The molecule has 1 amide bonds. The maximum atomic E-state index is 12.3. The van der Waals surface area contributed by atoms with Crippen molar-refractivity contribution in [2.24, 2.45) is 0 Å². The second-order valence-electron chi connectivity index (χ2n) is 5.60. The summed E-state index contributed by atoms with van der Waals surface area (Å²) in [7, 11) is 5.42. The van der Waals surface area contributed by atoms with Crippen molar-refractivity contribution < 1.29 is 9.72 Å². The number of hydrogen-bond acceptors (Lipinski definition) is 5. The van der Waals surface area contributed by atoms with Gasteiger partial charge in [0.25, 0.3) is 11.6 Å². The van der Waals surface area contributed by atoms with Gasteiger partial charge in [-0.3, -0.25) is 14.9 Å². The highest BCUT2D eigenvalue weighted by Crippen LogP contribution is 2.27. The summed E-state index contributed by atoms with van der Waals surface area (Å²) in [5.74, 6) is -0.335. The molecule has 0 saturated carbocycles. The topological polar surface area (TPSA) is 87.5 Å². The lowest BCUT2D eigenvalue weighted by atomic mass is 10.0. The lowest BCUT2D eigenvalue weighted by molar-refractivity contribution is -0.384. The molecule has 0 saturated heterocycles. The third kappa shape index (κ3) is 3.91. The first kappa shape index (κ1) is 16.9. The van der Waals surface area contributed by atoms with E-state index in [1.54, 1.807) is 13.1 Å². The fourth-order valence-electron chi connectivity index (χ4n) is 1.69. The van der Waals surface area contributed by atoms with Gasteiger partial charge in [-0.2, -0.15) is 0 Å². The van der Waals surface area contributed by atoms with Crippen LogP contribution in [-0.4, -0.2) is 49.0 Å². The summed E-state index contributed by atoms with van der Waals surface area (Å²) in [6, 6.07) is 4.44. The Labute approximate surface area is 124 Å². The first-order valence-corrected chi connectivity index (χ1v) is 6.61. The highest BCUT2D eigenvalue weighted by atomic mass is 16.6. The van der Waals surface area contributed by atoms with Gasteiger partial charge in [-0.1, -0.05) is 6.07 Å². The molecule has 0 atom stereocenters. The van der Waals surface area contributed by atoms with Crippen molar-refractivity contribution in [2.75, 3.05) is 33.0 Å². The van der Waals surface area contributed by atoms with Crippen LogP contribution in [0.25, 0.3) is 0 Å². The van der Waals surface area contributed by atoms with Crippen molar-refractivity contribution in [3.05, 3.63) is 33.9 Å². The summed E-state index contributed by atoms with van der Waals surface area (Å²) in [6.45, 7) is 4.43. The highest BCUT2D eigenvalue weighted by molar-refractivity contribution is 6.01. The van der Waals surface area contributed by atoms with Gasteiger partial charge >= 0.3 is 0 Å². The number of benzene rings is 1. The number of nitrogens with zero attached hydrogens (tertiary/aromatic N) is 2. The summed E-state index contributed by atoms with van der Waals surface area (Å²) in [6.07, 6.45) is 0. The van der Waals surface area contributed by atoms with Crippen LogP contribution in [0.5, 0.6) is 0 Å². The highest BCUT2D eigenvalue weighted by Gasteiger charge is 2.24. The van der Waals surface area contributed by atoms with Crippen molar-refractivity contribution >= 4 is 17.3 Å². The normalized spacial score (nSPS) is 11.3.